The van der Waals surface area contributed by atoms with E-state index < -0.39 is 0 Å². The van der Waals surface area contributed by atoms with Crippen molar-refractivity contribution in [1.82, 2.24) is 29.8 Å². The van der Waals surface area contributed by atoms with E-state index in [1.54, 1.807) is 28.1 Å². The molecule has 2 amide bonds. The van der Waals surface area contributed by atoms with Crippen LogP contribution >= 0.6 is 11.3 Å². The van der Waals surface area contributed by atoms with Gasteiger partial charge in [0.15, 0.2) is 5.82 Å². The highest BCUT2D eigenvalue weighted by Crippen LogP contribution is 2.29. The van der Waals surface area contributed by atoms with Gasteiger partial charge in [0.05, 0.1) is 11.8 Å². The maximum absolute atomic E-state index is 13.6. The van der Waals surface area contributed by atoms with E-state index in [1.165, 1.54) is 6.42 Å². The summed E-state index contributed by atoms with van der Waals surface area (Å²) in [7, 11) is 0. The van der Waals surface area contributed by atoms with E-state index in [1.807, 2.05) is 16.5 Å². The Bertz CT molecular complexity index is 1280. The summed E-state index contributed by atoms with van der Waals surface area (Å²) in [5.41, 5.74) is 1.20. The zero-order valence-corrected chi connectivity index (χ0v) is 23.7. The summed E-state index contributed by atoms with van der Waals surface area (Å²) < 4.78 is 1.80. The molecule has 2 aliphatic rings. The second-order valence-electron chi connectivity index (χ2n) is 11.8. The number of nitrogens with one attached hydrogen (secondary N) is 2. The standard InChI is InChI=1S/C28H39N7O2S/c1-18(28(2,3)4)30-23-16-22(32-24(33-23)21-17-29-35-14-15-38-27(21)35)26(37)34-12-10-20(11-13-34)31-25(36)19-8-6-5-7-9-19/h14-20H,5-13H2,1-4H3,(H,31,36)(H,30,32,33)/t18-/m1/s1. The molecule has 1 saturated carbocycles. The topological polar surface area (TPSA) is 105 Å². The van der Waals surface area contributed by atoms with Gasteiger partial charge in [-0.05, 0) is 38.0 Å². The Kier molecular flexibility index (Phi) is 7.70. The van der Waals surface area contributed by atoms with Crippen LogP contribution in [0.5, 0.6) is 0 Å². The van der Waals surface area contributed by atoms with Crippen molar-refractivity contribution in [3.05, 3.63) is 29.5 Å². The summed E-state index contributed by atoms with van der Waals surface area (Å²) in [6, 6.07) is 2.02. The molecule has 0 spiro atoms. The Morgan fingerprint density at radius 1 is 1.08 bits per heavy atom. The quantitative estimate of drug-likeness (QED) is 0.459. The molecule has 0 bridgehead atoms. The van der Waals surface area contributed by atoms with Crippen LogP contribution in [-0.2, 0) is 4.79 Å². The lowest BCUT2D eigenvalue weighted by Gasteiger charge is -2.33. The van der Waals surface area contributed by atoms with Crippen molar-refractivity contribution in [2.45, 2.75) is 84.7 Å². The number of carbonyl (C=O) groups is 2. The first-order valence-corrected chi connectivity index (χ1v) is 14.7. The van der Waals surface area contributed by atoms with E-state index in [-0.39, 0.29) is 35.2 Å². The molecule has 9 nitrogen and oxygen atoms in total. The van der Waals surface area contributed by atoms with Gasteiger partial charge in [-0.1, -0.05) is 40.0 Å². The average Bonchev–Trinajstić information content (AvgIpc) is 3.53. The van der Waals surface area contributed by atoms with Crippen molar-refractivity contribution < 1.29 is 9.59 Å². The second kappa shape index (κ2) is 11.0. The number of amides is 2. The number of rotatable bonds is 6. The Balaban J connectivity index is 1.32. The normalized spacial score (nSPS) is 18.5. The van der Waals surface area contributed by atoms with Crippen LogP contribution in [0, 0.1) is 11.3 Å². The summed E-state index contributed by atoms with van der Waals surface area (Å²) in [4.78, 5) is 38.7. The molecular weight excluding hydrogens is 498 g/mol. The third-order valence-electron chi connectivity index (χ3n) is 8.09. The maximum atomic E-state index is 13.6. The van der Waals surface area contributed by atoms with Gasteiger partial charge in [-0.3, -0.25) is 9.59 Å². The number of carbonyl (C=O) groups excluding carboxylic acids is 2. The SMILES string of the molecule is C[C@@H](Nc1cc(C(=O)N2CCC(NC(=O)C3CCCCC3)CC2)nc(-c2cnn3ccsc23)n1)C(C)(C)C. The average molecular weight is 538 g/mol. The first-order valence-electron chi connectivity index (χ1n) is 13.9. The maximum Gasteiger partial charge on any atom is 0.272 e. The fourth-order valence-electron chi connectivity index (χ4n) is 5.14. The molecule has 2 N–H and O–H groups in total. The highest BCUT2D eigenvalue weighted by molar-refractivity contribution is 7.16. The van der Waals surface area contributed by atoms with E-state index in [0.717, 1.165) is 48.9 Å². The second-order valence-corrected chi connectivity index (χ2v) is 12.7. The third-order valence-corrected chi connectivity index (χ3v) is 8.97. The molecule has 0 radical (unpaired) electrons. The van der Waals surface area contributed by atoms with Crippen molar-refractivity contribution in [2.24, 2.45) is 11.3 Å². The lowest BCUT2D eigenvalue weighted by atomic mass is 9.88. The smallest absolute Gasteiger partial charge is 0.272 e. The number of fused-ring (bicyclic) bond motifs is 1. The highest BCUT2D eigenvalue weighted by Gasteiger charge is 2.29. The molecular formula is C28H39N7O2S. The van der Waals surface area contributed by atoms with E-state index in [2.05, 4.69) is 43.4 Å². The first-order chi connectivity index (χ1) is 18.2. The molecule has 2 fully saturated rings. The van der Waals surface area contributed by atoms with Gasteiger partial charge >= 0.3 is 0 Å². The summed E-state index contributed by atoms with van der Waals surface area (Å²) in [6.07, 6.45) is 10.7. The van der Waals surface area contributed by atoms with Crippen molar-refractivity contribution in [3.63, 3.8) is 0 Å². The number of hydrogen-bond donors (Lipinski definition) is 2. The van der Waals surface area contributed by atoms with Crippen LogP contribution in [0.25, 0.3) is 16.2 Å². The van der Waals surface area contributed by atoms with Gasteiger partial charge in [0.1, 0.15) is 16.3 Å². The molecule has 1 aliphatic carbocycles. The first kappa shape index (κ1) is 26.6. The van der Waals surface area contributed by atoms with Gasteiger partial charge in [-0.25, -0.2) is 14.5 Å². The summed E-state index contributed by atoms with van der Waals surface area (Å²) in [5, 5.41) is 13.1. The third kappa shape index (κ3) is 5.85. The van der Waals surface area contributed by atoms with Gasteiger partial charge in [-0.2, -0.15) is 5.10 Å². The van der Waals surface area contributed by atoms with Crippen LogP contribution in [-0.4, -0.2) is 61.5 Å². The molecule has 3 aromatic rings. The molecule has 0 unspecified atom stereocenters. The molecule has 4 heterocycles. The minimum absolute atomic E-state index is 0.0119. The van der Waals surface area contributed by atoms with Gasteiger partial charge in [0.25, 0.3) is 5.91 Å². The molecule has 3 aromatic heterocycles. The lowest BCUT2D eigenvalue weighted by Crippen LogP contribution is -2.48. The molecule has 1 atom stereocenters. The summed E-state index contributed by atoms with van der Waals surface area (Å²) in [5.74, 6) is 1.37. The van der Waals surface area contributed by atoms with Crippen molar-refractivity contribution >= 4 is 33.8 Å². The largest absolute Gasteiger partial charge is 0.367 e. The van der Waals surface area contributed by atoms with Gasteiger partial charge < -0.3 is 15.5 Å². The molecule has 5 rings (SSSR count). The molecule has 1 saturated heterocycles. The number of hydrogen-bond acceptors (Lipinski definition) is 7. The minimum Gasteiger partial charge on any atom is -0.367 e. The predicted octanol–water partition coefficient (Wildman–Crippen LogP) is 5.00. The number of anilines is 1. The molecule has 204 valence electrons. The fraction of sp³-hybridized carbons (Fsp3) is 0.607. The predicted molar refractivity (Wildman–Crippen MR) is 150 cm³/mol. The van der Waals surface area contributed by atoms with Gasteiger partial charge in [0.2, 0.25) is 5.91 Å². The molecule has 38 heavy (non-hydrogen) atoms. The number of nitrogens with zero attached hydrogens (tertiary/aromatic N) is 5. The van der Waals surface area contributed by atoms with Crippen LogP contribution in [0.15, 0.2) is 23.8 Å². The van der Waals surface area contributed by atoms with Crippen LogP contribution in [0.2, 0.25) is 0 Å². The molecule has 0 aromatic carbocycles. The minimum atomic E-state index is -0.105. The molecule has 1 aliphatic heterocycles. The van der Waals surface area contributed by atoms with E-state index in [4.69, 9.17) is 9.97 Å². The van der Waals surface area contributed by atoms with Gasteiger partial charge in [0, 0.05) is 48.7 Å². The van der Waals surface area contributed by atoms with E-state index in [0.29, 0.717) is 30.4 Å². The Morgan fingerprint density at radius 3 is 2.53 bits per heavy atom. The van der Waals surface area contributed by atoms with Crippen LogP contribution in [0.3, 0.4) is 0 Å². The number of likely N-dealkylation sites (tertiary alicyclic amines) is 1. The number of thiazole rings is 1. The van der Waals surface area contributed by atoms with Crippen molar-refractivity contribution in [2.75, 3.05) is 18.4 Å². The molecule has 10 heteroatoms. The van der Waals surface area contributed by atoms with E-state index >= 15 is 0 Å². The summed E-state index contributed by atoms with van der Waals surface area (Å²) in [6.45, 7) is 9.82. The lowest BCUT2D eigenvalue weighted by molar-refractivity contribution is -0.126. The van der Waals surface area contributed by atoms with Crippen LogP contribution in [0.4, 0.5) is 5.82 Å². The van der Waals surface area contributed by atoms with Crippen molar-refractivity contribution in [1.29, 1.82) is 0 Å². The van der Waals surface area contributed by atoms with Crippen LogP contribution < -0.4 is 10.6 Å². The Hall–Kier alpha value is -3.01. The summed E-state index contributed by atoms with van der Waals surface area (Å²) >= 11 is 1.57. The van der Waals surface area contributed by atoms with Crippen LogP contribution in [0.1, 0.15) is 83.1 Å². The fourth-order valence-corrected chi connectivity index (χ4v) is 5.93. The number of aromatic nitrogens is 4. The zero-order chi connectivity index (χ0) is 26.9. The van der Waals surface area contributed by atoms with Gasteiger partial charge in [-0.15, -0.1) is 11.3 Å². The zero-order valence-electron chi connectivity index (χ0n) is 22.9. The highest BCUT2D eigenvalue weighted by atomic mass is 32.1. The number of piperidine rings is 1. The Morgan fingerprint density at radius 2 is 1.82 bits per heavy atom. The van der Waals surface area contributed by atoms with E-state index in [9.17, 15) is 9.59 Å². The Labute approximate surface area is 228 Å². The monoisotopic (exact) mass is 537 g/mol. The van der Waals surface area contributed by atoms with Crippen molar-refractivity contribution in [3.8, 4) is 11.4 Å².